The summed E-state index contributed by atoms with van der Waals surface area (Å²) in [6.45, 7) is 2.91. The van der Waals surface area contributed by atoms with E-state index < -0.39 is 18.1 Å². The predicted octanol–water partition coefficient (Wildman–Crippen LogP) is 3.33. The number of alkyl halides is 3. The van der Waals surface area contributed by atoms with E-state index in [9.17, 15) is 18.0 Å². The van der Waals surface area contributed by atoms with Crippen molar-refractivity contribution in [2.24, 2.45) is 0 Å². The SMILES string of the molecule is CC1CC(NC(=O)Nc2ccccc2OC(F)(F)F)CN1C1CC1. The number of anilines is 1. The number of carbonyl (C=O) groups is 1. The van der Waals surface area contributed by atoms with E-state index >= 15 is 0 Å². The first-order valence-corrected chi connectivity index (χ1v) is 8.00. The summed E-state index contributed by atoms with van der Waals surface area (Å²) in [7, 11) is 0. The van der Waals surface area contributed by atoms with Gasteiger partial charge in [-0.1, -0.05) is 12.1 Å². The lowest BCUT2D eigenvalue weighted by atomic mass is 10.2. The van der Waals surface area contributed by atoms with E-state index in [0.717, 1.165) is 19.0 Å². The van der Waals surface area contributed by atoms with Crippen LogP contribution in [0.1, 0.15) is 26.2 Å². The van der Waals surface area contributed by atoms with E-state index in [1.165, 1.54) is 31.0 Å². The molecule has 8 heteroatoms. The van der Waals surface area contributed by atoms with Gasteiger partial charge in [0.1, 0.15) is 0 Å². The zero-order chi connectivity index (χ0) is 17.3. The number of rotatable bonds is 4. The second-order valence-corrected chi connectivity index (χ2v) is 6.35. The summed E-state index contributed by atoms with van der Waals surface area (Å²) in [5, 5.41) is 5.27. The molecule has 2 amide bonds. The van der Waals surface area contributed by atoms with Gasteiger partial charge in [-0.05, 0) is 38.3 Å². The van der Waals surface area contributed by atoms with Crippen LogP contribution in [0.5, 0.6) is 5.75 Å². The Hall–Kier alpha value is -1.96. The fourth-order valence-electron chi connectivity index (χ4n) is 3.20. The van der Waals surface area contributed by atoms with Gasteiger partial charge in [0.2, 0.25) is 0 Å². The van der Waals surface area contributed by atoms with Crippen LogP contribution in [0.15, 0.2) is 24.3 Å². The van der Waals surface area contributed by atoms with Crippen LogP contribution in [0, 0.1) is 0 Å². The Balaban J connectivity index is 1.57. The molecule has 1 saturated heterocycles. The minimum absolute atomic E-state index is 0.00343. The van der Waals surface area contributed by atoms with Crippen molar-refractivity contribution >= 4 is 11.7 Å². The minimum atomic E-state index is -4.81. The van der Waals surface area contributed by atoms with Crippen LogP contribution in [-0.2, 0) is 0 Å². The van der Waals surface area contributed by atoms with E-state index in [1.807, 2.05) is 0 Å². The Labute approximate surface area is 138 Å². The lowest BCUT2D eigenvalue weighted by molar-refractivity contribution is -0.274. The van der Waals surface area contributed by atoms with Crippen LogP contribution in [0.2, 0.25) is 0 Å². The normalized spacial score (nSPS) is 24.7. The molecule has 24 heavy (non-hydrogen) atoms. The zero-order valence-corrected chi connectivity index (χ0v) is 13.3. The molecule has 5 nitrogen and oxygen atoms in total. The van der Waals surface area contributed by atoms with E-state index in [0.29, 0.717) is 12.1 Å². The molecule has 2 atom stereocenters. The van der Waals surface area contributed by atoms with Crippen LogP contribution < -0.4 is 15.4 Å². The summed E-state index contributed by atoms with van der Waals surface area (Å²) in [6.07, 6.45) is -1.57. The maximum Gasteiger partial charge on any atom is 0.573 e. The molecule has 2 aliphatic rings. The molecule has 1 aliphatic heterocycles. The van der Waals surface area contributed by atoms with E-state index in [1.54, 1.807) is 0 Å². The third kappa shape index (κ3) is 4.31. The number of likely N-dealkylation sites (tertiary alicyclic amines) is 1. The summed E-state index contributed by atoms with van der Waals surface area (Å²) < 4.78 is 41.1. The number of para-hydroxylation sites is 2. The van der Waals surface area contributed by atoms with Crippen molar-refractivity contribution in [3.05, 3.63) is 24.3 Å². The lowest BCUT2D eigenvalue weighted by Crippen LogP contribution is -2.40. The molecule has 1 aliphatic carbocycles. The van der Waals surface area contributed by atoms with Gasteiger partial charge in [0.25, 0.3) is 0 Å². The van der Waals surface area contributed by atoms with Gasteiger partial charge in [-0.3, -0.25) is 4.90 Å². The molecule has 1 aromatic carbocycles. The van der Waals surface area contributed by atoms with Gasteiger partial charge in [-0.15, -0.1) is 13.2 Å². The summed E-state index contributed by atoms with van der Waals surface area (Å²) in [6, 6.07) is 5.98. The van der Waals surface area contributed by atoms with Gasteiger partial charge in [0.05, 0.1) is 5.69 Å². The number of carbonyl (C=O) groups excluding carboxylic acids is 1. The van der Waals surface area contributed by atoms with Gasteiger partial charge < -0.3 is 15.4 Å². The highest BCUT2D eigenvalue weighted by atomic mass is 19.4. The molecule has 1 aromatic rings. The number of hydrogen-bond donors (Lipinski definition) is 2. The van der Waals surface area contributed by atoms with Crippen molar-refractivity contribution in [2.45, 2.75) is 50.7 Å². The van der Waals surface area contributed by atoms with Crippen LogP contribution in [-0.4, -0.2) is 42.0 Å². The van der Waals surface area contributed by atoms with E-state index in [-0.39, 0.29) is 11.7 Å². The second kappa shape index (κ2) is 6.51. The fraction of sp³-hybridized carbons (Fsp3) is 0.562. The van der Waals surface area contributed by atoms with Crippen molar-refractivity contribution in [1.29, 1.82) is 0 Å². The van der Waals surface area contributed by atoms with Crippen molar-refractivity contribution in [3.8, 4) is 5.75 Å². The smallest absolute Gasteiger partial charge is 0.404 e. The number of urea groups is 1. The standard InChI is InChI=1S/C16H20F3N3O2/c1-10-8-11(9-22(10)12-6-7-12)20-15(23)21-13-4-2-3-5-14(13)24-16(17,18)19/h2-5,10-12H,6-9H2,1H3,(H2,20,21,23). The summed E-state index contributed by atoms with van der Waals surface area (Å²) in [5.74, 6) is -0.431. The average molecular weight is 343 g/mol. The number of nitrogens with zero attached hydrogens (tertiary/aromatic N) is 1. The molecular formula is C16H20F3N3O2. The van der Waals surface area contributed by atoms with Gasteiger partial charge >= 0.3 is 12.4 Å². The Morgan fingerprint density at radius 1 is 1.29 bits per heavy atom. The summed E-state index contributed by atoms with van der Waals surface area (Å²) in [5.41, 5.74) is -0.0163. The minimum Gasteiger partial charge on any atom is -0.404 e. The fourth-order valence-corrected chi connectivity index (χ4v) is 3.20. The molecule has 3 rings (SSSR count). The van der Waals surface area contributed by atoms with Gasteiger partial charge in [-0.25, -0.2) is 4.79 Å². The first-order chi connectivity index (χ1) is 11.3. The topological polar surface area (TPSA) is 53.6 Å². The molecule has 1 saturated carbocycles. The van der Waals surface area contributed by atoms with Crippen molar-refractivity contribution < 1.29 is 22.7 Å². The Morgan fingerprint density at radius 2 is 2.00 bits per heavy atom. The van der Waals surface area contributed by atoms with Gasteiger partial charge in [0, 0.05) is 24.7 Å². The maximum absolute atomic E-state index is 12.4. The Morgan fingerprint density at radius 3 is 2.67 bits per heavy atom. The van der Waals surface area contributed by atoms with Crippen LogP contribution in [0.25, 0.3) is 0 Å². The van der Waals surface area contributed by atoms with Crippen molar-refractivity contribution in [3.63, 3.8) is 0 Å². The monoisotopic (exact) mass is 343 g/mol. The largest absolute Gasteiger partial charge is 0.573 e. The highest BCUT2D eigenvalue weighted by molar-refractivity contribution is 5.91. The van der Waals surface area contributed by atoms with E-state index in [4.69, 9.17) is 0 Å². The molecule has 0 spiro atoms. The predicted molar refractivity (Wildman–Crippen MR) is 82.9 cm³/mol. The number of ether oxygens (including phenoxy) is 1. The summed E-state index contributed by atoms with van der Waals surface area (Å²) >= 11 is 0. The number of benzene rings is 1. The second-order valence-electron chi connectivity index (χ2n) is 6.35. The average Bonchev–Trinajstić information content (AvgIpc) is 3.24. The maximum atomic E-state index is 12.4. The Bertz CT molecular complexity index is 604. The quantitative estimate of drug-likeness (QED) is 0.882. The number of halogens is 3. The van der Waals surface area contributed by atoms with Crippen LogP contribution in [0.3, 0.4) is 0 Å². The number of nitrogens with one attached hydrogen (secondary N) is 2. The Kier molecular flexibility index (Phi) is 4.58. The van der Waals surface area contributed by atoms with Crippen LogP contribution >= 0.6 is 0 Å². The first kappa shape index (κ1) is 16.9. The lowest BCUT2D eigenvalue weighted by Gasteiger charge is -2.20. The molecule has 132 valence electrons. The molecule has 1 heterocycles. The summed E-state index contributed by atoms with van der Waals surface area (Å²) in [4.78, 5) is 14.5. The number of hydrogen-bond acceptors (Lipinski definition) is 3. The zero-order valence-electron chi connectivity index (χ0n) is 13.3. The third-order valence-corrected chi connectivity index (χ3v) is 4.34. The molecule has 0 aromatic heterocycles. The van der Waals surface area contributed by atoms with Gasteiger partial charge in [-0.2, -0.15) is 0 Å². The molecule has 0 bridgehead atoms. The van der Waals surface area contributed by atoms with Crippen molar-refractivity contribution in [2.75, 3.05) is 11.9 Å². The van der Waals surface area contributed by atoms with Gasteiger partial charge in [0.15, 0.2) is 5.75 Å². The molecule has 2 fully saturated rings. The van der Waals surface area contributed by atoms with Crippen LogP contribution in [0.4, 0.5) is 23.7 Å². The molecule has 0 radical (unpaired) electrons. The highest BCUT2D eigenvalue weighted by Gasteiger charge is 2.39. The van der Waals surface area contributed by atoms with E-state index in [2.05, 4.69) is 27.2 Å². The highest BCUT2D eigenvalue weighted by Crippen LogP contribution is 2.33. The molecule has 2 N–H and O–H groups in total. The molecular weight excluding hydrogens is 323 g/mol. The molecule has 2 unspecified atom stereocenters. The van der Waals surface area contributed by atoms with Crippen molar-refractivity contribution in [1.82, 2.24) is 10.2 Å². The third-order valence-electron chi connectivity index (χ3n) is 4.34. The first-order valence-electron chi connectivity index (χ1n) is 8.00. The number of amides is 2.